The lowest BCUT2D eigenvalue weighted by atomic mass is 10.1. The zero-order valence-corrected chi connectivity index (χ0v) is 16.7. The summed E-state index contributed by atoms with van der Waals surface area (Å²) in [5, 5.41) is 2.39. The second kappa shape index (κ2) is 9.34. The molecule has 0 atom stereocenters. The van der Waals surface area contributed by atoms with Crippen LogP contribution in [0.25, 0.3) is 6.08 Å². The van der Waals surface area contributed by atoms with Crippen LogP contribution in [0.15, 0.2) is 54.6 Å². The van der Waals surface area contributed by atoms with Crippen LogP contribution < -0.4 is 5.32 Å². The molecule has 8 heteroatoms. The average molecular weight is 437 g/mol. The number of nitrogens with one attached hydrogen (secondary N) is 1. The molecule has 3 rings (SSSR count). The highest BCUT2D eigenvalue weighted by atomic mass is 35.5. The number of benzene rings is 2. The lowest BCUT2D eigenvalue weighted by molar-refractivity contribution is -0.127. The summed E-state index contributed by atoms with van der Waals surface area (Å²) >= 11 is 6.11. The highest BCUT2D eigenvalue weighted by molar-refractivity contribution is 6.32. The van der Waals surface area contributed by atoms with Gasteiger partial charge in [0.15, 0.2) is 0 Å². The third-order valence-corrected chi connectivity index (χ3v) is 4.94. The first-order valence-electron chi connectivity index (χ1n) is 9.40. The van der Waals surface area contributed by atoms with Gasteiger partial charge in [0.2, 0.25) is 5.91 Å². The van der Waals surface area contributed by atoms with E-state index in [-0.39, 0.29) is 17.5 Å². The van der Waals surface area contributed by atoms with Gasteiger partial charge in [0.25, 0.3) is 5.91 Å². The van der Waals surface area contributed by atoms with Crippen molar-refractivity contribution in [1.82, 2.24) is 10.2 Å². The molecule has 1 saturated carbocycles. The maximum atomic E-state index is 12.7. The minimum Gasteiger partial charge on any atom is -0.343 e. The first kappa shape index (κ1) is 21.9. The predicted octanol–water partition coefficient (Wildman–Crippen LogP) is 4.84. The Kier molecular flexibility index (Phi) is 6.82. The summed E-state index contributed by atoms with van der Waals surface area (Å²) in [6.07, 6.45) is 0.540. The number of carbonyl (C=O) groups excluding carboxylic acids is 2. The van der Waals surface area contributed by atoms with Crippen LogP contribution in [-0.2, 0) is 11.3 Å². The van der Waals surface area contributed by atoms with E-state index in [9.17, 15) is 22.8 Å². The van der Waals surface area contributed by atoms with Gasteiger partial charge in [-0.3, -0.25) is 9.59 Å². The topological polar surface area (TPSA) is 49.4 Å². The molecule has 2 aromatic carbocycles. The van der Waals surface area contributed by atoms with Gasteiger partial charge in [-0.2, -0.15) is 13.2 Å². The summed E-state index contributed by atoms with van der Waals surface area (Å²) in [4.78, 5) is 26.2. The van der Waals surface area contributed by atoms with E-state index in [1.165, 1.54) is 18.2 Å². The molecule has 0 aliphatic heterocycles. The SMILES string of the molecule is O=C(NCC(F)(F)F)c1ccc(CN(C(=O)C=Cc2ccccc2Cl)C2CC2)cc1. The summed E-state index contributed by atoms with van der Waals surface area (Å²) in [5.74, 6) is -0.943. The molecule has 0 heterocycles. The van der Waals surface area contributed by atoms with E-state index in [0.29, 0.717) is 11.6 Å². The molecule has 1 fully saturated rings. The zero-order valence-electron chi connectivity index (χ0n) is 16.0. The molecule has 0 saturated heterocycles. The molecule has 2 amide bonds. The molecule has 0 spiro atoms. The van der Waals surface area contributed by atoms with Crippen LogP contribution in [0, 0.1) is 0 Å². The molecule has 0 radical (unpaired) electrons. The zero-order chi connectivity index (χ0) is 21.7. The van der Waals surface area contributed by atoms with E-state index in [4.69, 9.17) is 11.6 Å². The Morgan fingerprint density at radius 2 is 1.77 bits per heavy atom. The van der Waals surface area contributed by atoms with E-state index in [1.807, 2.05) is 23.5 Å². The number of amides is 2. The van der Waals surface area contributed by atoms with Crippen LogP contribution in [-0.4, -0.2) is 35.5 Å². The first-order valence-corrected chi connectivity index (χ1v) is 9.78. The Morgan fingerprint density at radius 1 is 1.10 bits per heavy atom. The van der Waals surface area contributed by atoms with Crippen molar-refractivity contribution >= 4 is 29.5 Å². The number of rotatable bonds is 7. The quantitative estimate of drug-likeness (QED) is 0.631. The van der Waals surface area contributed by atoms with Crippen LogP contribution in [0.2, 0.25) is 5.02 Å². The summed E-state index contributed by atoms with van der Waals surface area (Å²) in [6, 6.07) is 13.6. The van der Waals surface area contributed by atoms with Gasteiger partial charge in [0.05, 0.1) is 0 Å². The average Bonchev–Trinajstić information content (AvgIpc) is 3.54. The van der Waals surface area contributed by atoms with Gasteiger partial charge in [0, 0.05) is 29.2 Å². The maximum Gasteiger partial charge on any atom is 0.405 e. The Hall–Kier alpha value is -2.80. The third-order valence-electron chi connectivity index (χ3n) is 4.60. The Bertz CT molecular complexity index is 938. The lowest BCUT2D eigenvalue weighted by Crippen LogP contribution is -2.33. The lowest BCUT2D eigenvalue weighted by Gasteiger charge is -2.21. The largest absolute Gasteiger partial charge is 0.405 e. The molecule has 0 aromatic heterocycles. The number of carbonyl (C=O) groups is 2. The summed E-state index contributed by atoms with van der Waals surface area (Å²) in [5.41, 5.74) is 1.66. The van der Waals surface area contributed by atoms with Crippen molar-refractivity contribution in [3.05, 3.63) is 76.3 Å². The van der Waals surface area contributed by atoms with E-state index < -0.39 is 18.6 Å². The van der Waals surface area contributed by atoms with Crippen molar-refractivity contribution in [1.29, 1.82) is 0 Å². The highest BCUT2D eigenvalue weighted by Gasteiger charge is 2.31. The van der Waals surface area contributed by atoms with E-state index in [0.717, 1.165) is 24.0 Å². The monoisotopic (exact) mass is 436 g/mol. The highest BCUT2D eigenvalue weighted by Crippen LogP contribution is 2.29. The van der Waals surface area contributed by atoms with Gasteiger partial charge >= 0.3 is 6.18 Å². The summed E-state index contributed by atoms with van der Waals surface area (Å²) in [6.45, 7) is -1.03. The number of hydrogen-bond donors (Lipinski definition) is 1. The molecular formula is C22H20ClF3N2O2. The standard InChI is InChI=1S/C22H20ClF3N2O2/c23-19-4-2-1-3-16(19)9-12-20(29)28(18-10-11-18)13-15-5-7-17(8-6-15)21(30)27-14-22(24,25)26/h1-9,12,18H,10-11,13-14H2,(H,27,30). The molecule has 4 nitrogen and oxygen atoms in total. The fraction of sp³-hybridized carbons (Fsp3) is 0.273. The van der Waals surface area contributed by atoms with Crippen LogP contribution in [0.4, 0.5) is 13.2 Å². The van der Waals surface area contributed by atoms with Crippen molar-refractivity contribution in [3.63, 3.8) is 0 Å². The van der Waals surface area contributed by atoms with Gasteiger partial charge in [-0.25, -0.2) is 0 Å². The fourth-order valence-corrected chi connectivity index (χ4v) is 3.08. The molecule has 0 bridgehead atoms. The van der Waals surface area contributed by atoms with Gasteiger partial charge in [-0.15, -0.1) is 0 Å². The predicted molar refractivity (Wildman–Crippen MR) is 109 cm³/mol. The minimum atomic E-state index is -4.46. The van der Waals surface area contributed by atoms with Gasteiger partial charge < -0.3 is 10.2 Å². The molecule has 30 heavy (non-hydrogen) atoms. The van der Waals surface area contributed by atoms with Crippen molar-refractivity contribution in [2.75, 3.05) is 6.54 Å². The van der Waals surface area contributed by atoms with E-state index in [1.54, 1.807) is 29.2 Å². The van der Waals surface area contributed by atoms with Crippen LogP contribution in [0.1, 0.15) is 34.3 Å². The first-order chi connectivity index (χ1) is 14.2. The molecule has 1 aliphatic rings. The molecule has 2 aromatic rings. The van der Waals surface area contributed by atoms with Crippen molar-refractivity contribution in [2.24, 2.45) is 0 Å². The van der Waals surface area contributed by atoms with Gasteiger partial charge in [0.1, 0.15) is 6.54 Å². The maximum absolute atomic E-state index is 12.7. The fourth-order valence-electron chi connectivity index (χ4n) is 2.88. The molecule has 1 aliphatic carbocycles. The Balaban J connectivity index is 1.63. The molecule has 1 N–H and O–H groups in total. The normalized spacial score (nSPS) is 14.0. The molecular weight excluding hydrogens is 417 g/mol. The van der Waals surface area contributed by atoms with Crippen LogP contribution >= 0.6 is 11.6 Å². The van der Waals surface area contributed by atoms with Crippen LogP contribution in [0.3, 0.4) is 0 Å². The van der Waals surface area contributed by atoms with Gasteiger partial charge in [-0.05, 0) is 48.2 Å². The third kappa shape index (κ3) is 6.35. The number of halogens is 4. The Morgan fingerprint density at radius 3 is 2.37 bits per heavy atom. The second-order valence-electron chi connectivity index (χ2n) is 7.05. The summed E-state index contributed by atoms with van der Waals surface area (Å²) in [7, 11) is 0. The Labute approximate surface area is 177 Å². The smallest absolute Gasteiger partial charge is 0.343 e. The molecule has 158 valence electrons. The number of alkyl halides is 3. The second-order valence-corrected chi connectivity index (χ2v) is 7.45. The molecule has 0 unspecified atom stereocenters. The summed E-state index contributed by atoms with van der Waals surface area (Å²) < 4.78 is 36.7. The van der Waals surface area contributed by atoms with Gasteiger partial charge in [-0.1, -0.05) is 41.9 Å². The van der Waals surface area contributed by atoms with E-state index >= 15 is 0 Å². The minimum absolute atomic E-state index is 0.130. The van der Waals surface area contributed by atoms with Crippen molar-refractivity contribution < 1.29 is 22.8 Å². The van der Waals surface area contributed by atoms with E-state index in [2.05, 4.69) is 0 Å². The number of nitrogens with zero attached hydrogens (tertiary/aromatic N) is 1. The van der Waals surface area contributed by atoms with Crippen LogP contribution in [0.5, 0.6) is 0 Å². The number of hydrogen-bond acceptors (Lipinski definition) is 2. The van der Waals surface area contributed by atoms with Crippen molar-refractivity contribution in [3.8, 4) is 0 Å². The van der Waals surface area contributed by atoms with Crippen molar-refractivity contribution in [2.45, 2.75) is 31.6 Å².